The third kappa shape index (κ3) is 3.16. The van der Waals surface area contributed by atoms with E-state index in [1.165, 1.54) is 37.1 Å². The van der Waals surface area contributed by atoms with Crippen LogP contribution in [0.4, 0.5) is 4.39 Å². The van der Waals surface area contributed by atoms with Crippen molar-refractivity contribution in [2.45, 2.75) is 32.2 Å². The largest absolute Gasteiger partial charge is 0.300 e. The van der Waals surface area contributed by atoms with Crippen molar-refractivity contribution in [3.8, 4) is 0 Å². The molecule has 0 spiro atoms. The van der Waals surface area contributed by atoms with Crippen LogP contribution in [0.5, 0.6) is 0 Å². The van der Waals surface area contributed by atoms with E-state index in [-0.39, 0.29) is 18.2 Å². The van der Waals surface area contributed by atoms with Crippen molar-refractivity contribution in [2.75, 3.05) is 32.7 Å². The number of hydrogen-bond acceptors (Lipinski definition) is 2. The fourth-order valence-corrected chi connectivity index (χ4v) is 3.39. The smallest absolute Gasteiger partial charge is 0.123 e. The maximum absolute atomic E-state index is 13.5. The zero-order valence-electron chi connectivity index (χ0n) is 12.1. The van der Waals surface area contributed by atoms with Crippen molar-refractivity contribution < 1.29 is 4.39 Å². The molecule has 112 valence electrons. The van der Waals surface area contributed by atoms with Gasteiger partial charge in [-0.2, -0.15) is 0 Å². The highest BCUT2D eigenvalue weighted by Crippen LogP contribution is 2.33. The average Bonchev–Trinajstić information content (AvgIpc) is 2.44. The van der Waals surface area contributed by atoms with Gasteiger partial charge in [-0.3, -0.25) is 4.90 Å². The van der Waals surface area contributed by atoms with Gasteiger partial charge in [-0.1, -0.05) is 19.4 Å². The predicted molar refractivity (Wildman–Crippen MR) is 83.0 cm³/mol. The zero-order valence-corrected chi connectivity index (χ0v) is 13.0. The monoisotopic (exact) mass is 298 g/mol. The maximum atomic E-state index is 13.5. The van der Waals surface area contributed by atoms with Gasteiger partial charge in [0.25, 0.3) is 0 Å². The van der Waals surface area contributed by atoms with Crippen molar-refractivity contribution >= 4 is 12.4 Å². The Bertz CT molecular complexity index is 452. The molecule has 0 bridgehead atoms. The number of nitrogens with zero attached hydrogens (tertiary/aromatic N) is 2. The third-order valence-corrected chi connectivity index (χ3v) is 4.54. The first-order valence-corrected chi connectivity index (χ1v) is 7.52. The van der Waals surface area contributed by atoms with E-state index in [0.29, 0.717) is 6.04 Å². The molecular formula is C16H24ClFN2. The first kappa shape index (κ1) is 15.7. The van der Waals surface area contributed by atoms with E-state index in [1.54, 1.807) is 12.1 Å². The topological polar surface area (TPSA) is 6.48 Å². The van der Waals surface area contributed by atoms with E-state index in [1.807, 2.05) is 6.07 Å². The third-order valence-electron chi connectivity index (χ3n) is 4.54. The Hall–Kier alpha value is -0.640. The number of fused-ring (bicyclic) bond motifs is 3. The summed E-state index contributed by atoms with van der Waals surface area (Å²) in [5.74, 6) is -0.0914. The van der Waals surface area contributed by atoms with Crippen molar-refractivity contribution in [2.24, 2.45) is 0 Å². The summed E-state index contributed by atoms with van der Waals surface area (Å²) in [5, 5.41) is 0. The second-order valence-electron chi connectivity index (χ2n) is 5.80. The van der Waals surface area contributed by atoms with Crippen LogP contribution in [0.25, 0.3) is 0 Å². The number of piperazine rings is 1. The summed E-state index contributed by atoms with van der Waals surface area (Å²) in [6, 6.07) is 5.75. The Kier molecular flexibility index (Phi) is 5.42. The van der Waals surface area contributed by atoms with Crippen LogP contribution >= 0.6 is 12.4 Å². The van der Waals surface area contributed by atoms with Crippen molar-refractivity contribution in [3.63, 3.8) is 0 Å². The van der Waals surface area contributed by atoms with Gasteiger partial charge < -0.3 is 4.90 Å². The Morgan fingerprint density at radius 2 is 2.10 bits per heavy atom. The molecule has 0 saturated carbocycles. The summed E-state index contributed by atoms with van der Waals surface area (Å²) in [6.07, 6.45) is 3.58. The molecular weight excluding hydrogens is 275 g/mol. The molecule has 2 aliphatic rings. The Balaban J connectivity index is 0.00000147. The quantitative estimate of drug-likeness (QED) is 0.845. The van der Waals surface area contributed by atoms with Crippen LogP contribution in [-0.2, 0) is 6.42 Å². The van der Waals surface area contributed by atoms with Crippen LogP contribution in [0.2, 0.25) is 0 Å². The second-order valence-corrected chi connectivity index (χ2v) is 5.80. The summed E-state index contributed by atoms with van der Waals surface area (Å²) >= 11 is 0. The lowest BCUT2D eigenvalue weighted by Crippen LogP contribution is -2.51. The summed E-state index contributed by atoms with van der Waals surface area (Å²) in [7, 11) is 0. The van der Waals surface area contributed by atoms with Crippen LogP contribution in [0.3, 0.4) is 0 Å². The van der Waals surface area contributed by atoms with Gasteiger partial charge in [0.2, 0.25) is 0 Å². The molecule has 2 heterocycles. The van der Waals surface area contributed by atoms with Gasteiger partial charge in [0, 0.05) is 32.2 Å². The van der Waals surface area contributed by atoms with Gasteiger partial charge >= 0.3 is 0 Å². The minimum atomic E-state index is -0.0914. The molecule has 1 unspecified atom stereocenters. The lowest BCUT2D eigenvalue weighted by molar-refractivity contribution is 0.0664. The molecule has 1 saturated heterocycles. The number of benzene rings is 1. The molecule has 0 N–H and O–H groups in total. The Morgan fingerprint density at radius 3 is 2.90 bits per heavy atom. The SMILES string of the molecule is CCCCN1CCN2CCc3ccc(F)cc3C2C1.Cl. The van der Waals surface area contributed by atoms with Crippen molar-refractivity contribution in [1.29, 1.82) is 0 Å². The molecule has 2 nitrogen and oxygen atoms in total. The van der Waals surface area contributed by atoms with Gasteiger partial charge in [0.05, 0.1) is 0 Å². The molecule has 2 aliphatic heterocycles. The molecule has 1 aromatic rings. The standard InChI is InChI=1S/C16H23FN2.ClH/c1-2-3-7-18-9-10-19-8-6-13-4-5-14(17)11-15(13)16(19)12-18;/h4-5,11,16H,2-3,6-10,12H2,1H3;1H. The average molecular weight is 299 g/mol. The molecule has 20 heavy (non-hydrogen) atoms. The molecule has 0 amide bonds. The van der Waals surface area contributed by atoms with Crippen LogP contribution in [-0.4, -0.2) is 42.5 Å². The van der Waals surface area contributed by atoms with E-state index in [4.69, 9.17) is 0 Å². The summed E-state index contributed by atoms with van der Waals surface area (Å²) in [4.78, 5) is 5.08. The molecule has 0 aliphatic carbocycles. The van der Waals surface area contributed by atoms with Gasteiger partial charge in [-0.25, -0.2) is 4.39 Å². The van der Waals surface area contributed by atoms with Crippen LogP contribution in [0.1, 0.15) is 36.9 Å². The first-order chi connectivity index (χ1) is 9.28. The maximum Gasteiger partial charge on any atom is 0.123 e. The normalized spacial score (nSPS) is 22.8. The molecule has 1 fully saturated rings. The Morgan fingerprint density at radius 1 is 1.25 bits per heavy atom. The minimum absolute atomic E-state index is 0. The van der Waals surface area contributed by atoms with E-state index in [0.717, 1.165) is 26.1 Å². The molecule has 4 heteroatoms. The first-order valence-electron chi connectivity index (χ1n) is 7.52. The van der Waals surface area contributed by atoms with Gasteiger partial charge in [-0.05, 0) is 42.6 Å². The molecule has 0 radical (unpaired) electrons. The highest BCUT2D eigenvalue weighted by Gasteiger charge is 2.32. The van der Waals surface area contributed by atoms with Gasteiger partial charge in [-0.15, -0.1) is 12.4 Å². The van der Waals surface area contributed by atoms with E-state index < -0.39 is 0 Å². The highest BCUT2D eigenvalue weighted by atomic mass is 35.5. The van der Waals surface area contributed by atoms with Crippen LogP contribution in [0, 0.1) is 5.82 Å². The fraction of sp³-hybridized carbons (Fsp3) is 0.625. The van der Waals surface area contributed by atoms with E-state index in [2.05, 4.69) is 16.7 Å². The summed E-state index contributed by atoms with van der Waals surface area (Å²) < 4.78 is 13.5. The lowest BCUT2D eigenvalue weighted by Gasteiger charge is -2.45. The summed E-state index contributed by atoms with van der Waals surface area (Å²) in [5.41, 5.74) is 2.58. The van der Waals surface area contributed by atoms with Gasteiger partial charge in [0.1, 0.15) is 5.82 Å². The summed E-state index contributed by atoms with van der Waals surface area (Å²) in [6.45, 7) is 7.92. The zero-order chi connectivity index (χ0) is 13.2. The molecule has 1 atom stereocenters. The van der Waals surface area contributed by atoms with Crippen LogP contribution < -0.4 is 0 Å². The van der Waals surface area contributed by atoms with Crippen molar-refractivity contribution in [1.82, 2.24) is 9.80 Å². The molecule has 3 rings (SSSR count). The van der Waals surface area contributed by atoms with E-state index in [9.17, 15) is 4.39 Å². The Labute approximate surface area is 127 Å². The number of unbranched alkanes of at least 4 members (excludes halogenated alkanes) is 1. The molecule has 1 aromatic carbocycles. The minimum Gasteiger partial charge on any atom is -0.300 e. The van der Waals surface area contributed by atoms with Crippen molar-refractivity contribution in [3.05, 3.63) is 35.1 Å². The van der Waals surface area contributed by atoms with E-state index >= 15 is 0 Å². The second kappa shape index (κ2) is 6.88. The predicted octanol–water partition coefficient (Wildman–Crippen LogP) is 3.26. The molecule has 0 aromatic heterocycles. The highest BCUT2D eigenvalue weighted by molar-refractivity contribution is 5.85. The van der Waals surface area contributed by atoms with Gasteiger partial charge in [0.15, 0.2) is 0 Å². The fourth-order valence-electron chi connectivity index (χ4n) is 3.39. The number of hydrogen-bond donors (Lipinski definition) is 0. The number of halogens is 2. The van der Waals surface area contributed by atoms with Crippen LogP contribution in [0.15, 0.2) is 18.2 Å². The lowest BCUT2D eigenvalue weighted by atomic mass is 9.90. The number of rotatable bonds is 3.